The number of furan rings is 1. The van der Waals surface area contributed by atoms with Crippen molar-refractivity contribution in [1.82, 2.24) is 9.80 Å². The molecule has 1 atom stereocenters. The Balaban J connectivity index is 1.39. The van der Waals surface area contributed by atoms with Crippen LogP contribution in [0.15, 0.2) is 59.2 Å². The van der Waals surface area contributed by atoms with Crippen LogP contribution in [0.25, 0.3) is 0 Å². The number of carbonyl (C=O) groups excluding carboxylic acids is 2. The lowest BCUT2D eigenvalue weighted by Gasteiger charge is -2.29. The van der Waals surface area contributed by atoms with Crippen molar-refractivity contribution in [2.75, 3.05) is 40.7 Å². The van der Waals surface area contributed by atoms with Gasteiger partial charge in [-0.3, -0.25) is 9.59 Å². The van der Waals surface area contributed by atoms with E-state index in [-0.39, 0.29) is 37.8 Å². The van der Waals surface area contributed by atoms with E-state index in [0.29, 0.717) is 54.0 Å². The van der Waals surface area contributed by atoms with Crippen LogP contribution in [0.2, 0.25) is 0 Å². The second kappa shape index (κ2) is 12.1. The Labute approximate surface area is 226 Å². The molecule has 2 aliphatic rings. The van der Waals surface area contributed by atoms with E-state index >= 15 is 0 Å². The van der Waals surface area contributed by atoms with Gasteiger partial charge in [0, 0.05) is 25.8 Å². The first-order valence-corrected chi connectivity index (χ1v) is 12.9. The molecule has 2 aliphatic heterocycles. The average Bonchev–Trinajstić information content (AvgIpc) is 3.75. The average molecular weight is 537 g/mol. The summed E-state index contributed by atoms with van der Waals surface area (Å²) in [6, 6.07) is 14.2. The maximum atomic E-state index is 13.8. The minimum Gasteiger partial charge on any atom is -0.497 e. The Morgan fingerprint density at radius 3 is 2.59 bits per heavy atom. The predicted molar refractivity (Wildman–Crippen MR) is 140 cm³/mol. The van der Waals surface area contributed by atoms with E-state index in [1.807, 2.05) is 24.3 Å². The molecule has 1 fully saturated rings. The quantitative estimate of drug-likeness (QED) is 0.364. The number of ether oxygens (including phenoxy) is 5. The molecule has 1 aromatic heterocycles. The summed E-state index contributed by atoms with van der Waals surface area (Å²) < 4.78 is 33.0. The molecule has 1 unspecified atom stereocenters. The van der Waals surface area contributed by atoms with Gasteiger partial charge in [0.1, 0.15) is 23.8 Å². The molecular weight excluding hydrogens is 504 g/mol. The Kier molecular flexibility index (Phi) is 8.21. The van der Waals surface area contributed by atoms with Gasteiger partial charge < -0.3 is 37.9 Å². The van der Waals surface area contributed by atoms with E-state index < -0.39 is 0 Å². The van der Waals surface area contributed by atoms with Crippen LogP contribution < -0.4 is 18.9 Å². The van der Waals surface area contributed by atoms with E-state index in [0.717, 1.165) is 18.4 Å². The lowest BCUT2D eigenvalue weighted by Crippen LogP contribution is -2.45. The molecule has 3 heterocycles. The SMILES string of the molecule is COc1ccc(C(=O)N(CC(=O)N(Cc2ccc3c(c2)OCO3)Cc2ccco2)CC2CCCO2)c(OC)c1. The minimum absolute atomic E-state index is 0.140. The largest absolute Gasteiger partial charge is 0.497 e. The van der Waals surface area contributed by atoms with Gasteiger partial charge in [-0.25, -0.2) is 0 Å². The van der Waals surface area contributed by atoms with Gasteiger partial charge in [-0.15, -0.1) is 0 Å². The fourth-order valence-corrected chi connectivity index (χ4v) is 4.74. The number of amides is 2. The third-order valence-electron chi connectivity index (χ3n) is 6.79. The maximum absolute atomic E-state index is 13.8. The third-order valence-corrected chi connectivity index (χ3v) is 6.79. The number of carbonyl (C=O) groups is 2. The summed E-state index contributed by atoms with van der Waals surface area (Å²) in [7, 11) is 3.05. The molecule has 3 aromatic rings. The second-order valence-corrected chi connectivity index (χ2v) is 9.40. The zero-order valence-corrected chi connectivity index (χ0v) is 22.1. The normalized spacial score (nSPS) is 15.7. The molecule has 0 aliphatic carbocycles. The van der Waals surface area contributed by atoms with Gasteiger partial charge in [-0.1, -0.05) is 6.07 Å². The summed E-state index contributed by atoms with van der Waals surface area (Å²) in [5, 5.41) is 0. The Morgan fingerprint density at radius 2 is 1.85 bits per heavy atom. The predicted octanol–water partition coefficient (Wildman–Crippen LogP) is 3.88. The van der Waals surface area contributed by atoms with Gasteiger partial charge in [-0.05, 0) is 54.8 Å². The molecule has 206 valence electrons. The van der Waals surface area contributed by atoms with Gasteiger partial charge in [0.15, 0.2) is 11.5 Å². The van der Waals surface area contributed by atoms with Crippen LogP contribution in [0.1, 0.15) is 34.5 Å². The Bertz CT molecular complexity index is 1290. The summed E-state index contributed by atoms with van der Waals surface area (Å²) in [5.41, 5.74) is 1.21. The van der Waals surface area contributed by atoms with Crippen molar-refractivity contribution in [3.63, 3.8) is 0 Å². The highest BCUT2D eigenvalue weighted by Gasteiger charge is 2.29. The fraction of sp³-hybridized carbons (Fsp3) is 0.379. The second-order valence-electron chi connectivity index (χ2n) is 9.40. The van der Waals surface area contributed by atoms with Crippen molar-refractivity contribution in [3.8, 4) is 23.0 Å². The van der Waals surface area contributed by atoms with Crippen molar-refractivity contribution in [1.29, 1.82) is 0 Å². The van der Waals surface area contributed by atoms with Crippen molar-refractivity contribution < 1.29 is 37.7 Å². The molecule has 1 saturated heterocycles. The molecular formula is C29H32N2O8. The number of hydrogen-bond acceptors (Lipinski definition) is 8. The highest BCUT2D eigenvalue weighted by molar-refractivity contribution is 5.99. The monoisotopic (exact) mass is 536 g/mol. The van der Waals surface area contributed by atoms with E-state index in [1.54, 1.807) is 42.5 Å². The molecule has 2 aromatic carbocycles. The molecule has 2 amide bonds. The van der Waals surface area contributed by atoms with Crippen molar-refractivity contribution in [2.45, 2.75) is 32.0 Å². The van der Waals surface area contributed by atoms with Gasteiger partial charge in [0.25, 0.3) is 5.91 Å². The van der Waals surface area contributed by atoms with Crippen LogP contribution in [0.4, 0.5) is 0 Å². The van der Waals surface area contributed by atoms with Gasteiger partial charge >= 0.3 is 0 Å². The standard InChI is InChI=1S/C29H32N2O8/c1-34-21-8-9-24(26(14-21)35-2)29(33)31(17-23-6-4-12-37-23)18-28(32)30(16-22-5-3-11-36-22)15-20-7-10-25-27(13-20)39-19-38-25/h3,5,7-11,13-14,23H,4,6,12,15-19H2,1-2H3. The maximum Gasteiger partial charge on any atom is 0.258 e. The van der Waals surface area contributed by atoms with Crippen LogP contribution in [0, 0.1) is 0 Å². The zero-order valence-electron chi connectivity index (χ0n) is 22.1. The number of nitrogens with zero attached hydrogens (tertiary/aromatic N) is 2. The lowest BCUT2D eigenvalue weighted by atomic mass is 10.1. The van der Waals surface area contributed by atoms with Crippen molar-refractivity contribution in [3.05, 3.63) is 71.7 Å². The first kappa shape index (κ1) is 26.4. The topological polar surface area (TPSA) is 99.9 Å². The molecule has 0 spiro atoms. The fourth-order valence-electron chi connectivity index (χ4n) is 4.74. The molecule has 10 heteroatoms. The van der Waals surface area contributed by atoms with Crippen molar-refractivity contribution >= 4 is 11.8 Å². The molecule has 0 saturated carbocycles. The van der Waals surface area contributed by atoms with E-state index in [2.05, 4.69) is 0 Å². The lowest BCUT2D eigenvalue weighted by molar-refractivity contribution is -0.133. The van der Waals surface area contributed by atoms with Gasteiger partial charge in [0.05, 0.1) is 38.7 Å². The van der Waals surface area contributed by atoms with Crippen LogP contribution in [0.5, 0.6) is 23.0 Å². The minimum atomic E-state index is -0.320. The summed E-state index contributed by atoms with van der Waals surface area (Å²) in [5.74, 6) is 2.33. The van der Waals surface area contributed by atoms with E-state index in [9.17, 15) is 9.59 Å². The number of fused-ring (bicyclic) bond motifs is 1. The van der Waals surface area contributed by atoms with Crippen molar-refractivity contribution in [2.24, 2.45) is 0 Å². The van der Waals surface area contributed by atoms with Crippen LogP contribution >= 0.6 is 0 Å². The van der Waals surface area contributed by atoms with E-state index in [1.165, 1.54) is 12.0 Å². The third kappa shape index (κ3) is 6.28. The molecule has 39 heavy (non-hydrogen) atoms. The molecule has 5 rings (SSSR count). The molecule has 0 bridgehead atoms. The summed E-state index contributed by atoms with van der Waals surface area (Å²) >= 11 is 0. The highest BCUT2D eigenvalue weighted by Crippen LogP contribution is 2.33. The van der Waals surface area contributed by atoms with Gasteiger partial charge in [-0.2, -0.15) is 0 Å². The molecule has 0 N–H and O–H groups in total. The van der Waals surface area contributed by atoms with E-state index in [4.69, 9.17) is 28.1 Å². The molecule has 0 radical (unpaired) electrons. The Hall–Kier alpha value is -4.18. The smallest absolute Gasteiger partial charge is 0.258 e. The van der Waals surface area contributed by atoms with Gasteiger partial charge in [0.2, 0.25) is 12.7 Å². The number of hydrogen-bond donors (Lipinski definition) is 0. The number of benzene rings is 2. The highest BCUT2D eigenvalue weighted by atomic mass is 16.7. The Morgan fingerprint density at radius 1 is 0.974 bits per heavy atom. The number of methoxy groups -OCH3 is 2. The first-order chi connectivity index (χ1) is 19.0. The van der Waals surface area contributed by atoms with Crippen LogP contribution in [-0.2, 0) is 22.6 Å². The first-order valence-electron chi connectivity index (χ1n) is 12.9. The van der Waals surface area contributed by atoms with Crippen LogP contribution in [0.3, 0.4) is 0 Å². The van der Waals surface area contributed by atoms with Crippen LogP contribution in [-0.4, -0.2) is 68.4 Å². The summed E-state index contributed by atoms with van der Waals surface area (Å²) in [6.45, 7) is 1.50. The number of rotatable bonds is 11. The summed E-state index contributed by atoms with van der Waals surface area (Å²) in [6.07, 6.45) is 3.17. The summed E-state index contributed by atoms with van der Waals surface area (Å²) in [4.78, 5) is 30.8. The molecule has 10 nitrogen and oxygen atoms in total. The zero-order chi connectivity index (χ0) is 27.2.